The van der Waals surface area contributed by atoms with Gasteiger partial charge in [0.1, 0.15) is 0 Å². The number of hydrogen-bond donors (Lipinski definition) is 1. The fourth-order valence-electron chi connectivity index (χ4n) is 1.76. The van der Waals surface area contributed by atoms with Gasteiger partial charge in [0.2, 0.25) is 0 Å². The van der Waals surface area contributed by atoms with E-state index in [1.54, 1.807) is 24.8 Å². The van der Waals surface area contributed by atoms with Crippen molar-refractivity contribution in [3.63, 3.8) is 0 Å². The fraction of sp³-hybridized carbons (Fsp3) is 0.455. The van der Waals surface area contributed by atoms with E-state index in [1.807, 2.05) is 6.92 Å². The molecule has 16 heavy (non-hydrogen) atoms. The van der Waals surface area contributed by atoms with Crippen molar-refractivity contribution in [3.8, 4) is 5.75 Å². The Hall–Kier alpha value is -1.78. The van der Waals surface area contributed by atoms with Crippen LogP contribution in [0.5, 0.6) is 5.75 Å². The first kappa shape index (κ1) is 10.7. The molecular formula is C11H15N3O2. The number of hydrogen-bond acceptors (Lipinski definition) is 4. The van der Waals surface area contributed by atoms with Gasteiger partial charge in [-0.05, 0) is 20.8 Å². The van der Waals surface area contributed by atoms with E-state index in [1.165, 1.54) is 6.20 Å². The minimum Gasteiger partial charge on any atom is -0.474 e. The number of amides is 1. The average molecular weight is 221 g/mol. The normalized spacial score (nSPS) is 17.9. The molecule has 0 unspecified atom stereocenters. The summed E-state index contributed by atoms with van der Waals surface area (Å²) in [6.45, 7) is 5.95. The Kier molecular flexibility index (Phi) is 2.26. The highest BCUT2D eigenvalue weighted by atomic mass is 16.5. The highest BCUT2D eigenvalue weighted by Crippen LogP contribution is 2.36. The van der Waals surface area contributed by atoms with Crippen LogP contribution in [0.2, 0.25) is 0 Å². The van der Waals surface area contributed by atoms with E-state index in [9.17, 15) is 4.79 Å². The molecule has 0 aromatic carbocycles. The molecule has 2 rings (SSSR count). The summed E-state index contributed by atoms with van der Waals surface area (Å²) in [4.78, 5) is 17.8. The van der Waals surface area contributed by atoms with E-state index in [-0.39, 0.29) is 5.91 Å². The van der Waals surface area contributed by atoms with Crippen molar-refractivity contribution in [2.75, 3.05) is 17.2 Å². The summed E-state index contributed by atoms with van der Waals surface area (Å²) in [6.07, 6.45) is 1.52. The molecular weight excluding hydrogens is 206 g/mol. The third-order valence-corrected chi connectivity index (χ3v) is 2.55. The lowest BCUT2D eigenvalue weighted by Crippen LogP contribution is -2.52. The molecule has 0 bridgehead atoms. The molecule has 5 heteroatoms. The van der Waals surface area contributed by atoms with Crippen LogP contribution < -0.4 is 15.4 Å². The second-order valence-electron chi connectivity index (χ2n) is 4.25. The predicted octanol–water partition coefficient (Wildman–Crippen LogP) is 1.19. The van der Waals surface area contributed by atoms with Gasteiger partial charge in [0.15, 0.2) is 17.2 Å². The molecule has 0 saturated carbocycles. The van der Waals surface area contributed by atoms with Crippen molar-refractivity contribution in [3.05, 3.63) is 12.3 Å². The summed E-state index contributed by atoms with van der Waals surface area (Å²) in [6, 6.07) is 1.69. The molecule has 2 N–H and O–H groups in total. The summed E-state index contributed by atoms with van der Waals surface area (Å²) in [5.74, 6) is 1.02. The van der Waals surface area contributed by atoms with E-state index in [0.29, 0.717) is 23.8 Å². The van der Waals surface area contributed by atoms with Crippen LogP contribution in [-0.4, -0.2) is 23.0 Å². The SMILES string of the molecule is CCN1C(=O)C(C)(C)Oc2cc(N)cnc21. The van der Waals surface area contributed by atoms with Crippen molar-refractivity contribution in [1.82, 2.24) is 4.98 Å². The van der Waals surface area contributed by atoms with Gasteiger partial charge < -0.3 is 10.5 Å². The van der Waals surface area contributed by atoms with Crippen LogP contribution in [0, 0.1) is 0 Å². The molecule has 1 aromatic rings. The van der Waals surface area contributed by atoms with Crippen LogP contribution in [0.1, 0.15) is 20.8 Å². The number of carbonyl (C=O) groups is 1. The number of nitrogens with two attached hydrogens (primary N) is 1. The minimum atomic E-state index is -0.863. The van der Waals surface area contributed by atoms with Crippen molar-refractivity contribution < 1.29 is 9.53 Å². The zero-order chi connectivity index (χ0) is 11.9. The molecule has 0 spiro atoms. The van der Waals surface area contributed by atoms with E-state index in [0.717, 1.165) is 0 Å². The number of ether oxygens (including phenoxy) is 1. The highest BCUT2D eigenvalue weighted by Gasteiger charge is 2.41. The number of carbonyl (C=O) groups excluding carboxylic acids is 1. The van der Waals surface area contributed by atoms with Gasteiger partial charge in [-0.1, -0.05) is 0 Å². The first-order valence-corrected chi connectivity index (χ1v) is 5.22. The summed E-state index contributed by atoms with van der Waals surface area (Å²) in [5, 5.41) is 0. The Morgan fingerprint density at radius 1 is 1.56 bits per heavy atom. The molecule has 0 atom stereocenters. The summed E-state index contributed by atoms with van der Waals surface area (Å²) >= 11 is 0. The molecule has 0 fully saturated rings. The van der Waals surface area contributed by atoms with Gasteiger partial charge in [-0.25, -0.2) is 4.98 Å². The van der Waals surface area contributed by atoms with Crippen molar-refractivity contribution >= 4 is 17.4 Å². The van der Waals surface area contributed by atoms with Crippen LogP contribution in [0.25, 0.3) is 0 Å². The molecule has 2 heterocycles. The number of nitrogens with zero attached hydrogens (tertiary/aromatic N) is 2. The lowest BCUT2D eigenvalue weighted by molar-refractivity contribution is -0.132. The predicted molar refractivity (Wildman–Crippen MR) is 61.4 cm³/mol. The van der Waals surface area contributed by atoms with Gasteiger partial charge in [-0.15, -0.1) is 0 Å². The minimum absolute atomic E-state index is 0.0835. The topological polar surface area (TPSA) is 68.5 Å². The van der Waals surface area contributed by atoms with Crippen LogP contribution in [0.4, 0.5) is 11.5 Å². The highest BCUT2D eigenvalue weighted by molar-refractivity contribution is 6.01. The fourth-order valence-corrected chi connectivity index (χ4v) is 1.76. The second kappa shape index (κ2) is 3.37. The average Bonchev–Trinajstić information content (AvgIpc) is 2.20. The number of pyridine rings is 1. The van der Waals surface area contributed by atoms with Gasteiger partial charge in [0.25, 0.3) is 5.91 Å². The lowest BCUT2D eigenvalue weighted by atomic mass is 10.1. The largest absolute Gasteiger partial charge is 0.474 e. The zero-order valence-corrected chi connectivity index (χ0v) is 9.65. The smallest absolute Gasteiger partial charge is 0.271 e. The molecule has 5 nitrogen and oxygen atoms in total. The Morgan fingerprint density at radius 2 is 2.25 bits per heavy atom. The Morgan fingerprint density at radius 3 is 2.88 bits per heavy atom. The maximum absolute atomic E-state index is 12.1. The zero-order valence-electron chi connectivity index (χ0n) is 9.65. The van der Waals surface area contributed by atoms with Crippen molar-refractivity contribution in [2.45, 2.75) is 26.4 Å². The maximum atomic E-state index is 12.1. The van der Waals surface area contributed by atoms with Gasteiger partial charge >= 0.3 is 0 Å². The van der Waals surface area contributed by atoms with E-state index in [2.05, 4.69) is 4.98 Å². The van der Waals surface area contributed by atoms with Crippen LogP contribution in [0.3, 0.4) is 0 Å². The van der Waals surface area contributed by atoms with Gasteiger partial charge in [0.05, 0.1) is 11.9 Å². The monoisotopic (exact) mass is 221 g/mol. The summed E-state index contributed by atoms with van der Waals surface area (Å²) in [7, 11) is 0. The number of nitrogen functional groups attached to an aromatic ring is 1. The number of aromatic nitrogens is 1. The Balaban J connectivity index is 2.55. The standard InChI is InChI=1S/C11H15N3O2/c1-4-14-9-8(5-7(12)6-13-9)16-11(2,3)10(14)15/h5-6H,4,12H2,1-3H3. The molecule has 0 saturated heterocycles. The second-order valence-corrected chi connectivity index (χ2v) is 4.25. The van der Waals surface area contributed by atoms with Gasteiger partial charge in [0, 0.05) is 12.6 Å². The first-order chi connectivity index (χ1) is 7.45. The van der Waals surface area contributed by atoms with Gasteiger partial charge in [-0.2, -0.15) is 0 Å². The van der Waals surface area contributed by atoms with E-state index < -0.39 is 5.60 Å². The first-order valence-electron chi connectivity index (χ1n) is 5.22. The van der Waals surface area contributed by atoms with Gasteiger partial charge in [-0.3, -0.25) is 9.69 Å². The summed E-state index contributed by atoms with van der Waals surface area (Å²) < 4.78 is 5.61. The van der Waals surface area contributed by atoms with E-state index in [4.69, 9.17) is 10.5 Å². The quantitative estimate of drug-likeness (QED) is 0.773. The third-order valence-electron chi connectivity index (χ3n) is 2.55. The molecule has 1 aliphatic rings. The number of rotatable bonds is 1. The number of likely N-dealkylation sites (N-methyl/N-ethyl adjacent to an activating group) is 1. The maximum Gasteiger partial charge on any atom is 0.271 e. The molecule has 1 amide bonds. The van der Waals surface area contributed by atoms with Crippen LogP contribution in [-0.2, 0) is 4.79 Å². The van der Waals surface area contributed by atoms with Crippen molar-refractivity contribution in [1.29, 1.82) is 0 Å². The number of anilines is 2. The summed E-state index contributed by atoms with van der Waals surface area (Å²) in [5.41, 5.74) is 5.31. The molecule has 1 aromatic heterocycles. The van der Waals surface area contributed by atoms with Crippen LogP contribution in [0.15, 0.2) is 12.3 Å². The lowest BCUT2D eigenvalue weighted by Gasteiger charge is -2.37. The van der Waals surface area contributed by atoms with Crippen LogP contribution >= 0.6 is 0 Å². The molecule has 0 aliphatic carbocycles. The van der Waals surface area contributed by atoms with Crippen molar-refractivity contribution in [2.24, 2.45) is 0 Å². The number of fused-ring (bicyclic) bond motifs is 1. The Bertz CT molecular complexity index is 443. The molecule has 0 radical (unpaired) electrons. The Labute approximate surface area is 94.2 Å². The molecule has 1 aliphatic heterocycles. The molecule has 86 valence electrons. The third kappa shape index (κ3) is 1.48. The van der Waals surface area contributed by atoms with E-state index >= 15 is 0 Å².